The van der Waals surface area contributed by atoms with E-state index in [4.69, 9.17) is 14.6 Å². The molecule has 0 aliphatic rings. The van der Waals surface area contributed by atoms with Crippen LogP contribution in [0.1, 0.15) is 69.3 Å². The molecule has 0 atom stereocenters. The molecule has 8 nitrogen and oxygen atoms in total. The van der Waals surface area contributed by atoms with Gasteiger partial charge in [0.25, 0.3) is 5.91 Å². The van der Waals surface area contributed by atoms with Gasteiger partial charge in [0.2, 0.25) is 0 Å². The highest BCUT2D eigenvalue weighted by atomic mass is 16.7. The van der Waals surface area contributed by atoms with Crippen LogP contribution in [0, 0.1) is 0 Å². The fourth-order valence-corrected chi connectivity index (χ4v) is 4.30. The molecule has 0 unspecified atom stereocenters. The second-order valence-corrected chi connectivity index (χ2v) is 10.3. The van der Waals surface area contributed by atoms with Gasteiger partial charge in [-0.15, -0.1) is 0 Å². The van der Waals surface area contributed by atoms with Gasteiger partial charge in [0.15, 0.2) is 0 Å². The summed E-state index contributed by atoms with van der Waals surface area (Å²) in [5, 5.41) is 8.44. The third-order valence-electron chi connectivity index (χ3n) is 6.30. The molecule has 3 rings (SSSR count). The number of amides is 1. The number of ether oxygens (including phenoxy) is 3. The van der Waals surface area contributed by atoms with Crippen molar-refractivity contribution in [2.45, 2.75) is 72.1 Å². The Hall–Kier alpha value is -4.33. The van der Waals surface area contributed by atoms with Crippen molar-refractivity contribution in [3.8, 4) is 22.6 Å². The zero-order valence-corrected chi connectivity index (χ0v) is 24.2. The van der Waals surface area contributed by atoms with E-state index in [0.717, 1.165) is 22.4 Å². The number of nitrogens with zero attached hydrogens (tertiary/aromatic N) is 1. The molecule has 0 aromatic heterocycles. The fourth-order valence-electron chi connectivity index (χ4n) is 4.30. The zero-order chi connectivity index (χ0) is 29.8. The van der Waals surface area contributed by atoms with Gasteiger partial charge in [-0.05, 0) is 100 Å². The minimum absolute atomic E-state index is 0.00979. The molecular weight excluding hydrogens is 522 g/mol. The molecular formula is C33H39NO7. The van der Waals surface area contributed by atoms with Crippen LogP contribution in [-0.4, -0.2) is 46.8 Å². The van der Waals surface area contributed by atoms with E-state index in [2.05, 4.69) is 4.74 Å². The van der Waals surface area contributed by atoms with E-state index in [1.54, 1.807) is 0 Å². The van der Waals surface area contributed by atoms with Crippen molar-refractivity contribution in [2.75, 3.05) is 6.61 Å². The van der Waals surface area contributed by atoms with Crippen LogP contribution >= 0.6 is 0 Å². The maximum absolute atomic E-state index is 13.5. The van der Waals surface area contributed by atoms with Crippen molar-refractivity contribution in [2.24, 2.45) is 0 Å². The van der Waals surface area contributed by atoms with Crippen LogP contribution in [0.15, 0.2) is 72.8 Å². The Morgan fingerprint density at radius 3 is 2.20 bits per heavy atom. The molecule has 0 radical (unpaired) electrons. The van der Waals surface area contributed by atoms with Crippen LogP contribution in [0.5, 0.6) is 11.5 Å². The lowest BCUT2D eigenvalue weighted by Crippen LogP contribution is -2.36. The molecule has 0 saturated carbocycles. The summed E-state index contributed by atoms with van der Waals surface area (Å²) in [6.45, 7) is 8.89. The molecule has 41 heavy (non-hydrogen) atoms. The Kier molecular flexibility index (Phi) is 11.8. The molecule has 0 spiro atoms. The third-order valence-corrected chi connectivity index (χ3v) is 6.30. The summed E-state index contributed by atoms with van der Waals surface area (Å²) in [7, 11) is 0. The summed E-state index contributed by atoms with van der Waals surface area (Å²) in [5.74, 6) is 0.732. The van der Waals surface area contributed by atoms with Gasteiger partial charge in [-0.2, -0.15) is 0 Å². The predicted molar refractivity (Wildman–Crippen MR) is 157 cm³/mol. The minimum Gasteiger partial charge on any atom is -0.494 e. The first-order chi connectivity index (χ1) is 19.6. The van der Waals surface area contributed by atoms with Gasteiger partial charge in [0.1, 0.15) is 11.5 Å². The van der Waals surface area contributed by atoms with Gasteiger partial charge < -0.3 is 24.2 Å². The van der Waals surface area contributed by atoms with Crippen molar-refractivity contribution in [1.29, 1.82) is 0 Å². The van der Waals surface area contributed by atoms with E-state index in [-0.39, 0.29) is 24.5 Å². The summed E-state index contributed by atoms with van der Waals surface area (Å²) >= 11 is 0. The second kappa shape index (κ2) is 15.5. The zero-order valence-electron chi connectivity index (χ0n) is 24.2. The summed E-state index contributed by atoms with van der Waals surface area (Å²) < 4.78 is 15.8. The Morgan fingerprint density at radius 1 is 0.805 bits per heavy atom. The number of carboxylic acid groups (broad SMARTS) is 1. The lowest BCUT2D eigenvalue weighted by molar-refractivity contribution is -0.139. The number of unbranched alkanes of at least 4 members (excludes halogenated alkanes) is 2. The molecule has 1 amide bonds. The number of benzene rings is 3. The smallest absolute Gasteiger partial charge is 0.494 e. The topological polar surface area (TPSA) is 102 Å². The monoisotopic (exact) mass is 561 g/mol. The van der Waals surface area contributed by atoms with E-state index in [1.807, 2.05) is 105 Å². The largest absolute Gasteiger partial charge is 0.513 e. The highest BCUT2D eigenvalue weighted by Gasteiger charge is 2.19. The average molecular weight is 562 g/mol. The molecule has 3 aromatic carbocycles. The third kappa shape index (κ3) is 10.3. The molecule has 0 heterocycles. The number of hydrogen-bond acceptors (Lipinski definition) is 6. The lowest BCUT2D eigenvalue weighted by atomic mass is 10.0. The standard InChI is InChI=1S/C33H39NO7/c1-23(2)34(22-25-10-8-12-29(20-25)39-19-7-5-6-14-31(35)41-33(37)38)32(36)27-17-15-26(16-18-27)28-11-9-13-30(21-28)40-24(3)4/h8-13,15-18,20-21,23-24H,5-7,14,19,22H2,1-4H3,(H,37,38). The molecule has 0 aliphatic carbocycles. The quantitative estimate of drug-likeness (QED) is 0.125. The van der Waals surface area contributed by atoms with Gasteiger partial charge in [-0.1, -0.05) is 36.4 Å². The number of esters is 1. The van der Waals surface area contributed by atoms with E-state index in [9.17, 15) is 14.4 Å². The summed E-state index contributed by atoms with van der Waals surface area (Å²) in [6, 6.07) is 23.3. The number of carbonyl (C=O) groups is 3. The molecule has 8 heteroatoms. The Labute approximate surface area is 241 Å². The van der Waals surface area contributed by atoms with Crippen LogP contribution in [0.3, 0.4) is 0 Å². The SMILES string of the molecule is CC(C)Oc1cccc(-c2ccc(C(=O)N(Cc3cccc(OCCCCCC(=O)OC(=O)O)c3)C(C)C)cc2)c1. The van der Waals surface area contributed by atoms with Crippen LogP contribution in [0.4, 0.5) is 4.79 Å². The van der Waals surface area contributed by atoms with Gasteiger partial charge in [-0.3, -0.25) is 9.59 Å². The van der Waals surface area contributed by atoms with Gasteiger partial charge in [0, 0.05) is 24.6 Å². The van der Waals surface area contributed by atoms with E-state index >= 15 is 0 Å². The number of hydrogen-bond donors (Lipinski definition) is 1. The maximum Gasteiger partial charge on any atom is 0.513 e. The van der Waals surface area contributed by atoms with Crippen molar-refractivity contribution in [3.63, 3.8) is 0 Å². The summed E-state index contributed by atoms with van der Waals surface area (Å²) in [5.41, 5.74) is 3.62. The first kappa shape index (κ1) is 31.2. The number of carbonyl (C=O) groups excluding carboxylic acids is 2. The average Bonchev–Trinajstić information content (AvgIpc) is 2.93. The second-order valence-electron chi connectivity index (χ2n) is 10.3. The van der Waals surface area contributed by atoms with E-state index in [0.29, 0.717) is 43.7 Å². The van der Waals surface area contributed by atoms with Gasteiger partial charge >= 0.3 is 12.1 Å². The van der Waals surface area contributed by atoms with Gasteiger partial charge in [-0.25, -0.2) is 4.79 Å². The highest BCUT2D eigenvalue weighted by Crippen LogP contribution is 2.26. The van der Waals surface area contributed by atoms with Crippen LogP contribution in [0.2, 0.25) is 0 Å². The van der Waals surface area contributed by atoms with Crippen molar-refractivity contribution in [1.82, 2.24) is 4.90 Å². The Morgan fingerprint density at radius 2 is 1.51 bits per heavy atom. The molecule has 1 N–H and O–H groups in total. The fraction of sp³-hybridized carbons (Fsp3) is 0.364. The van der Waals surface area contributed by atoms with Crippen LogP contribution in [0.25, 0.3) is 11.1 Å². The molecule has 218 valence electrons. The first-order valence-electron chi connectivity index (χ1n) is 14.0. The van der Waals surface area contributed by atoms with Crippen LogP contribution in [-0.2, 0) is 16.1 Å². The minimum atomic E-state index is -1.58. The van der Waals surface area contributed by atoms with Crippen LogP contribution < -0.4 is 9.47 Å². The Balaban J connectivity index is 1.57. The molecule has 0 saturated heterocycles. The molecule has 0 fully saturated rings. The molecule has 0 bridgehead atoms. The predicted octanol–water partition coefficient (Wildman–Crippen LogP) is 7.35. The van der Waals surface area contributed by atoms with Gasteiger partial charge in [0.05, 0.1) is 12.7 Å². The van der Waals surface area contributed by atoms with Crippen molar-refractivity contribution < 1.29 is 33.7 Å². The Bertz CT molecular complexity index is 1300. The molecule has 3 aromatic rings. The maximum atomic E-state index is 13.5. The summed E-state index contributed by atoms with van der Waals surface area (Å²) in [6.07, 6.45) is 0.525. The number of rotatable bonds is 14. The van der Waals surface area contributed by atoms with Crippen molar-refractivity contribution >= 4 is 18.0 Å². The van der Waals surface area contributed by atoms with Crippen molar-refractivity contribution in [3.05, 3.63) is 83.9 Å². The molecule has 0 aliphatic heterocycles. The highest BCUT2D eigenvalue weighted by molar-refractivity contribution is 5.95. The van der Waals surface area contributed by atoms with E-state index < -0.39 is 12.1 Å². The lowest BCUT2D eigenvalue weighted by Gasteiger charge is -2.27. The van der Waals surface area contributed by atoms with E-state index in [1.165, 1.54) is 0 Å². The summed E-state index contributed by atoms with van der Waals surface area (Å²) in [4.78, 5) is 36.9. The normalized spacial score (nSPS) is 10.9. The first-order valence-corrected chi connectivity index (χ1v) is 14.0.